The van der Waals surface area contributed by atoms with Gasteiger partial charge in [0.2, 0.25) is 5.91 Å². The molecule has 0 aromatic carbocycles. The molecule has 4 heteroatoms. The summed E-state index contributed by atoms with van der Waals surface area (Å²) < 4.78 is 0. The molecule has 17 heavy (non-hydrogen) atoms. The second-order valence-corrected chi connectivity index (χ2v) is 4.78. The Morgan fingerprint density at radius 1 is 1.24 bits per heavy atom. The lowest BCUT2D eigenvalue weighted by Crippen LogP contribution is -2.40. The zero-order valence-electron chi connectivity index (χ0n) is 12.1. The van der Waals surface area contributed by atoms with E-state index in [0.717, 1.165) is 39.1 Å². The van der Waals surface area contributed by atoms with Crippen LogP contribution >= 0.6 is 0 Å². The van der Waals surface area contributed by atoms with Crippen LogP contribution in [-0.4, -0.2) is 62.5 Å². The highest BCUT2D eigenvalue weighted by atomic mass is 16.2. The summed E-state index contributed by atoms with van der Waals surface area (Å²) in [6.45, 7) is 10.5. The van der Waals surface area contributed by atoms with Gasteiger partial charge >= 0.3 is 0 Å². The van der Waals surface area contributed by atoms with E-state index in [4.69, 9.17) is 0 Å². The Kier molecular flexibility index (Phi) is 9.09. The van der Waals surface area contributed by atoms with E-state index in [2.05, 4.69) is 31.2 Å². The van der Waals surface area contributed by atoms with Gasteiger partial charge in [-0.2, -0.15) is 0 Å². The first-order chi connectivity index (χ1) is 8.02. The van der Waals surface area contributed by atoms with Crippen LogP contribution in [0, 0.1) is 5.92 Å². The SMILES string of the molecule is CCNCC(C)C(=O)N(CC)CCCN(C)C. The maximum absolute atomic E-state index is 12.1. The number of carbonyl (C=O) groups is 1. The van der Waals surface area contributed by atoms with Gasteiger partial charge in [0, 0.05) is 25.6 Å². The van der Waals surface area contributed by atoms with Crippen LogP contribution in [0.1, 0.15) is 27.2 Å². The van der Waals surface area contributed by atoms with Crippen LogP contribution in [0.15, 0.2) is 0 Å². The summed E-state index contributed by atoms with van der Waals surface area (Å²) in [5.41, 5.74) is 0. The molecular weight excluding hydrogens is 214 g/mol. The fourth-order valence-electron chi connectivity index (χ4n) is 1.76. The summed E-state index contributed by atoms with van der Waals surface area (Å²) >= 11 is 0. The second-order valence-electron chi connectivity index (χ2n) is 4.78. The third kappa shape index (κ3) is 7.34. The normalized spacial score (nSPS) is 12.8. The third-order valence-electron chi connectivity index (χ3n) is 2.85. The van der Waals surface area contributed by atoms with Gasteiger partial charge in [-0.3, -0.25) is 4.79 Å². The highest BCUT2D eigenvalue weighted by Gasteiger charge is 2.18. The van der Waals surface area contributed by atoms with E-state index in [-0.39, 0.29) is 11.8 Å². The fraction of sp³-hybridized carbons (Fsp3) is 0.923. The van der Waals surface area contributed by atoms with Crippen LogP contribution in [0.3, 0.4) is 0 Å². The maximum atomic E-state index is 12.1. The van der Waals surface area contributed by atoms with Crippen LogP contribution in [0.5, 0.6) is 0 Å². The Morgan fingerprint density at radius 3 is 2.35 bits per heavy atom. The monoisotopic (exact) mass is 243 g/mol. The number of nitrogens with one attached hydrogen (secondary N) is 1. The molecule has 0 aromatic rings. The minimum Gasteiger partial charge on any atom is -0.343 e. The Bertz CT molecular complexity index is 207. The summed E-state index contributed by atoms with van der Waals surface area (Å²) in [5, 5.41) is 3.23. The average Bonchev–Trinajstić information content (AvgIpc) is 2.30. The number of amides is 1. The zero-order valence-corrected chi connectivity index (χ0v) is 12.1. The molecule has 0 aromatic heterocycles. The summed E-state index contributed by atoms with van der Waals surface area (Å²) in [4.78, 5) is 16.2. The van der Waals surface area contributed by atoms with Gasteiger partial charge in [0.15, 0.2) is 0 Å². The van der Waals surface area contributed by atoms with Crippen LogP contribution in [0.2, 0.25) is 0 Å². The molecule has 1 N–H and O–H groups in total. The molecule has 0 heterocycles. The molecule has 4 nitrogen and oxygen atoms in total. The highest BCUT2D eigenvalue weighted by Crippen LogP contribution is 2.03. The quantitative estimate of drug-likeness (QED) is 0.657. The second kappa shape index (κ2) is 9.42. The summed E-state index contributed by atoms with van der Waals surface area (Å²) in [6, 6.07) is 0. The molecule has 0 fully saturated rings. The molecule has 0 radical (unpaired) electrons. The van der Waals surface area contributed by atoms with Gasteiger partial charge in [-0.25, -0.2) is 0 Å². The maximum Gasteiger partial charge on any atom is 0.226 e. The molecule has 1 unspecified atom stereocenters. The van der Waals surface area contributed by atoms with Gasteiger partial charge in [0.25, 0.3) is 0 Å². The summed E-state index contributed by atoms with van der Waals surface area (Å²) in [6.07, 6.45) is 1.04. The van der Waals surface area contributed by atoms with Gasteiger partial charge in [0.1, 0.15) is 0 Å². The van der Waals surface area contributed by atoms with Crippen molar-refractivity contribution in [1.29, 1.82) is 0 Å². The Morgan fingerprint density at radius 2 is 1.88 bits per heavy atom. The minimum atomic E-state index is 0.0780. The predicted octanol–water partition coefficient (Wildman–Crippen LogP) is 1.03. The first-order valence-electron chi connectivity index (χ1n) is 6.67. The smallest absolute Gasteiger partial charge is 0.226 e. The van der Waals surface area contributed by atoms with E-state index < -0.39 is 0 Å². The predicted molar refractivity (Wildman–Crippen MR) is 73.1 cm³/mol. The Labute approximate surface area is 106 Å². The lowest BCUT2D eigenvalue weighted by Gasteiger charge is -2.25. The molecule has 0 saturated heterocycles. The van der Waals surface area contributed by atoms with Crippen molar-refractivity contribution in [2.45, 2.75) is 27.2 Å². The van der Waals surface area contributed by atoms with Gasteiger partial charge < -0.3 is 15.1 Å². The van der Waals surface area contributed by atoms with E-state index in [9.17, 15) is 4.79 Å². The number of carbonyl (C=O) groups excluding carboxylic acids is 1. The van der Waals surface area contributed by atoms with Crippen LogP contribution < -0.4 is 5.32 Å². The van der Waals surface area contributed by atoms with Crippen LogP contribution in [0.4, 0.5) is 0 Å². The van der Waals surface area contributed by atoms with Crippen molar-refractivity contribution in [3.8, 4) is 0 Å². The molecule has 0 aliphatic heterocycles. The molecule has 102 valence electrons. The van der Waals surface area contributed by atoms with Crippen molar-refractivity contribution in [2.24, 2.45) is 5.92 Å². The Hall–Kier alpha value is -0.610. The fourth-order valence-corrected chi connectivity index (χ4v) is 1.76. The van der Waals surface area contributed by atoms with E-state index >= 15 is 0 Å². The standard InChI is InChI=1S/C13H29N3O/c1-6-14-11-12(3)13(17)16(7-2)10-8-9-15(4)5/h12,14H,6-11H2,1-5H3. The average molecular weight is 243 g/mol. The molecule has 0 aliphatic carbocycles. The molecule has 1 amide bonds. The third-order valence-corrected chi connectivity index (χ3v) is 2.85. The zero-order chi connectivity index (χ0) is 13.3. The molecule has 0 aliphatic rings. The number of hydrogen-bond donors (Lipinski definition) is 1. The van der Waals surface area contributed by atoms with Crippen molar-refractivity contribution in [2.75, 3.05) is 46.8 Å². The molecule has 0 saturated carbocycles. The summed E-state index contributed by atoms with van der Waals surface area (Å²) in [7, 11) is 4.12. The minimum absolute atomic E-state index is 0.0780. The van der Waals surface area contributed by atoms with Crippen molar-refractivity contribution in [3.63, 3.8) is 0 Å². The topological polar surface area (TPSA) is 35.6 Å². The highest BCUT2D eigenvalue weighted by molar-refractivity contribution is 5.78. The van der Waals surface area contributed by atoms with Crippen molar-refractivity contribution < 1.29 is 4.79 Å². The van der Waals surface area contributed by atoms with Crippen LogP contribution in [-0.2, 0) is 4.79 Å². The van der Waals surface area contributed by atoms with Gasteiger partial charge in [-0.15, -0.1) is 0 Å². The van der Waals surface area contributed by atoms with E-state index in [0.29, 0.717) is 0 Å². The lowest BCUT2D eigenvalue weighted by atomic mass is 10.1. The number of rotatable bonds is 9. The lowest BCUT2D eigenvalue weighted by molar-refractivity contribution is -0.134. The van der Waals surface area contributed by atoms with Crippen molar-refractivity contribution in [3.05, 3.63) is 0 Å². The van der Waals surface area contributed by atoms with E-state index in [1.807, 2.05) is 18.7 Å². The van der Waals surface area contributed by atoms with Gasteiger partial charge in [-0.1, -0.05) is 13.8 Å². The van der Waals surface area contributed by atoms with Gasteiger partial charge in [0.05, 0.1) is 0 Å². The van der Waals surface area contributed by atoms with E-state index in [1.165, 1.54) is 0 Å². The van der Waals surface area contributed by atoms with E-state index in [1.54, 1.807) is 0 Å². The van der Waals surface area contributed by atoms with Crippen molar-refractivity contribution in [1.82, 2.24) is 15.1 Å². The first-order valence-corrected chi connectivity index (χ1v) is 6.67. The molecular formula is C13H29N3O. The molecule has 0 rings (SSSR count). The molecule has 0 spiro atoms. The van der Waals surface area contributed by atoms with Gasteiger partial charge in [-0.05, 0) is 40.5 Å². The molecule has 0 bridgehead atoms. The number of nitrogens with zero attached hydrogens (tertiary/aromatic N) is 2. The van der Waals surface area contributed by atoms with Crippen molar-refractivity contribution >= 4 is 5.91 Å². The van der Waals surface area contributed by atoms with Crippen LogP contribution in [0.25, 0.3) is 0 Å². The summed E-state index contributed by atoms with van der Waals surface area (Å²) in [5.74, 6) is 0.349. The Balaban J connectivity index is 4.01. The number of hydrogen-bond acceptors (Lipinski definition) is 3. The molecule has 1 atom stereocenters. The largest absolute Gasteiger partial charge is 0.343 e. The first kappa shape index (κ1) is 16.4.